The van der Waals surface area contributed by atoms with E-state index in [1.807, 2.05) is 19.1 Å². The van der Waals surface area contributed by atoms with Crippen LogP contribution < -0.4 is 5.32 Å². The summed E-state index contributed by atoms with van der Waals surface area (Å²) in [7, 11) is 0. The van der Waals surface area contributed by atoms with Crippen LogP contribution in [0.1, 0.15) is 50.0 Å². The molecule has 2 rings (SSSR count). The van der Waals surface area contributed by atoms with Crippen LogP contribution in [0.25, 0.3) is 0 Å². The molecule has 1 fully saturated rings. The van der Waals surface area contributed by atoms with Crippen LogP contribution >= 0.6 is 0 Å². The Labute approximate surface area is 110 Å². The summed E-state index contributed by atoms with van der Waals surface area (Å²) in [5, 5.41) is 3.38. The second-order valence-electron chi connectivity index (χ2n) is 5.17. The van der Waals surface area contributed by atoms with Gasteiger partial charge in [-0.3, -0.25) is 0 Å². The smallest absolute Gasteiger partial charge is 0.117 e. The Balaban J connectivity index is 1.46. The number of nitrogens with one attached hydrogen (secondary N) is 1. The number of hydrogen-bond acceptors (Lipinski definition) is 3. The molecule has 0 radical (unpaired) electrons. The Morgan fingerprint density at radius 1 is 1.28 bits per heavy atom. The molecule has 1 aromatic heterocycles. The normalized spacial score (nSPS) is 17.2. The molecule has 18 heavy (non-hydrogen) atoms. The van der Waals surface area contributed by atoms with Crippen molar-refractivity contribution < 1.29 is 9.15 Å². The lowest BCUT2D eigenvalue weighted by Crippen LogP contribution is -2.20. The predicted molar refractivity (Wildman–Crippen MR) is 72.6 cm³/mol. The van der Waals surface area contributed by atoms with Gasteiger partial charge in [0, 0.05) is 6.61 Å². The molecule has 0 spiro atoms. The summed E-state index contributed by atoms with van der Waals surface area (Å²) in [6, 6.07) is 4.03. The largest absolute Gasteiger partial charge is 0.465 e. The second-order valence-corrected chi connectivity index (χ2v) is 5.17. The summed E-state index contributed by atoms with van der Waals surface area (Å²) in [5.41, 5.74) is 0. The Morgan fingerprint density at radius 3 is 2.83 bits per heavy atom. The first-order valence-corrected chi connectivity index (χ1v) is 7.22. The van der Waals surface area contributed by atoms with Gasteiger partial charge in [-0.05, 0) is 44.9 Å². The summed E-state index contributed by atoms with van der Waals surface area (Å²) in [6.45, 7) is 4.67. The van der Waals surface area contributed by atoms with Crippen LogP contribution in [-0.2, 0) is 11.3 Å². The molecule has 0 bridgehead atoms. The predicted octanol–water partition coefficient (Wildman–Crippen LogP) is 3.42. The van der Waals surface area contributed by atoms with Gasteiger partial charge in [0.05, 0.1) is 12.6 Å². The second kappa shape index (κ2) is 7.59. The van der Waals surface area contributed by atoms with Crippen molar-refractivity contribution >= 4 is 0 Å². The van der Waals surface area contributed by atoms with Crippen molar-refractivity contribution in [3.05, 3.63) is 23.7 Å². The molecule has 0 atom stereocenters. The number of hydrogen-bond donors (Lipinski definition) is 1. The third-order valence-corrected chi connectivity index (χ3v) is 3.50. The van der Waals surface area contributed by atoms with Gasteiger partial charge in [0.2, 0.25) is 0 Å². The summed E-state index contributed by atoms with van der Waals surface area (Å²) in [4.78, 5) is 0. The van der Waals surface area contributed by atoms with Crippen LogP contribution in [0, 0.1) is 6.92 Å². The molecule has 1 aliphatic rings. The maximum atomic E-state index is 5.88. The molecule has 3 nitrogen and oxygen atoms in total. The van der Waals surface area contributed by atoms with Crippen molar-refractivity contribution in [1.82, 2.24) is 5.32 Å². The molecule has 102 valence electrons. The van der Waals surface area contributed by atoms with E-state index in [1.54, 1.807) is 0 Å². The van der Waals surface area contributed by atoms with Crippen LogP contribution in [0.2, 0.25) is 0 Å². The van der Waals surface area contributed by atoms with Crippen molar-refractivity contribution in [1.29, 1.82) is 0 Å². The number of ether oxygens (including phenoxy) is 1. The quantitative estimate of drug-likeness (QED) is 0.754. The SMILES string of the molecule is Cc1ccc(CNCCCOC2CCCCC2)o1. The first-order chi connectivity index (χ1) is 8.84. The summed E-state index contributed by atoms with van der Waals surface area (Å²) in [6.07, 6.45) is 8.23. The fourth-order valence-corrected chi connectivity index (χ4v) is 2.47. The van der Waals surface area contributed by atoms with Crippen molar-refractivity contribution in [2.75, 3.05) is 13.2 Å². The van der Waals surface area contributed by atoms with E-state index in [-0.39, 0.29) is 0 Å². The van der Waals surface area contributed by atoms with Crippen LogP contribution in [-0.4, -0.2) is 19.3 Å². The Morgan fingerprint density at radius 2 is 2.11 bits per heavy atom. The van der Waals surface area contributed by atoms with Crippen LogP contribution in [0.4, 0.5) is 0 Å². The first kappa shape index (κ1) is 13.6. The monoisotopic (exact) mass is 251 g/mol. The molecule has 0 aromatic carbocycles. The van der Waals surface area contributed by atoms with E-state index in [1.165, 1.54) is 32.1 Å². The lowest BCUT2D eigenvalue weighted by Gasteiger charge is -2.21. The van der Waals surface area contributed by atoms with Crippen molar-refractivity contribution in [2.45, 2.75) is 58.1 Å². The minimum absolute atomic E-state index is 0.534. The molecule has 1 aliphatic carbocycles. The highest BCUT2D eigenvalue weighted by molar-refractivity contribution is 5.04. The molecule has 0 amide bonds. The van der Waals surface area contributed by atoms with Gasteiger partial charge < -0.3 is 14.5 Å². The molecule has 0 unspecified atom stereocenters. The van der Waals surface area contributed by atoms with Crippen LogP contribution in [0.15, 0.2) is 16.5 Å². The van der Waals surface area contributed by atoms with Crippen molar-refractivity contribution in [3.8, 4) is 0 Å². The van der Waals surface area contributed by atoms with Crippen LogP contribution in [0.3, 0.4) is 0 Å². The Kier molecular flexibility index (Phi) is 5.75. The molecule has 1 N–H and O–H groups in total. The lowest BCUT2D eigenvalue weighted by atomic mass is 9.98. The Bertz CT molecular complexity index is 329. The van der Waals surface area contributed by atoms with E-state index in [0.717, 1.165) is 37.6 Å². The average Bonchev–Trinajstić information content (AvgIpc) is 2.81. The minimum atomic E-state index is 0.534. The van der Waals surface area contributed by atoms with Gasteiger partial charge in [-0.1, -0.05) is 19.3 Å². The van der Waals surface area contributed by atoms with E-state index >= 15 is 0 Å². The third kappa shape index (κ3) is 4.83. The number of aryl methyl sites for hydroxylation is 1. The minimum Gasteiger partial charge on any atom is -0.465 e. The zero-order valence-corrected chi connectivity index (χ0v) is 11.4. The highest BCUT2D eigenvalue weighted by atomic mass is 16.5. The van der Waals surface area contributed by atoms with Gasteiger partial charge in [-0.2, -0.15) is 0 Å². The van der Waals surface area contributed by atoms with Gasteiger partial charge in [0.15, 0.2) is 0 Å². The molecule has 1 aromatic rings. The first-order valence-electron chi connectivity index (χ1n) is 7.22. The van der Waals surface area contributed by atoms with E-state index < -0.39 is 0 Å². The van der Waals surface area contributed by atoms with Gasteiger partial charge in [-0.15, -0.1) is 0 Å². The summed E-state index contributed by atoms with van der Waals surface area (Å²) >= 11 is 0. The standard InChI is InChI=1S/C15H25NO2/c1-13-8-9-15(18-13)12-16-10-5-11-17-14-6-3-2-4-7-14/h8-9,14,16H,2-7,10-12H2,1H3. The van der Waals surface area contributed by atoms with Crippen molar-refractivity contribution in [2.24, 2.45) is 0 Å². The van der Waals surface area contributed by atoms with Crippen LogP contribution in [0.5, 0.6) is 0 Å². The zero-order valence-electron chi connectivity index (χ0n) is 11.4. The third-order valence-electron chi connectivity index (χ3n) is 3.50. The molecule has 1 heterocycles. The lowest BCUT2D eigenvalue weighted by molar-refractivity contribution is 0.0272. The summed E-state index contributed by atoms with van der Waals surface area (Å²) in [5.74, 6) is 1.99. The van der Waals surface area contributed by atoms with E-state index in [4.69, 9.17) is 9.15 Å². The molecular weight excluding hydrogens is 226 g/mol. The van der Waals surface area contributed by atoms with Gasteiger partial charge in [0.25, 0.3) is 0 Å². The molecule has 1 saturated carbocycles. The van der Waals surface area contributed by atoms with E-state index in [2.05, 4.69) is 5.32 Å². The summed E-state index contributed by atoms with van der Waals surface area (Å²) < 4.78 is 11.4. The molecular formula is C15H25NO2. The molecule has 0 aliphatic heterocycles. The van der Waals surface area contributed by atoms with Gasteiger partial charge in [0.1, 0.15) is 11.5 Å². The fourth-order valence-electron chi connectivity index (χ4n) is 2.47. The fraction of sp³-hybridized carbons (Fsp3) is 0.733. The highest BCUT2D eigenvalue weighted by Gasteiger charge is 2.12. The molecule has 0 saturated heterocycles. The number of furan rings is 1. The van der Waals surface area contributed by atoms with E-state index in [0.29, 0.717) is 6.10 Å². The zero-order chi connectivity index (χ0) is 12.6. The highest BCUT2D eigenvalue weighted by Crippen LogP contribution is 2.20. The van der Waals surface area contributed by atoms with Gasteiger partial charge >= 0.3 is 0 Å². The van der Waals surface area contributed by atoms with Gasteiger partial charge in [-0.25, -0.2) is 0 Å². The van der Waals surface area contributed by atoms with Crippen molar-refractivity contribution in [3.63, 3.8) is 0 Å². The number of rotatable bonds is 7. The maximum Gasteiger partial charge on any atom is 0.117 e. The Hall–Kier alpha value is -0.800. The average molecular weight is 251 g/mol. The maximum absolute atomic E-state index is 5.88. The molecule has 3 heteroatoms. The topological polar surface area (TPSA) is 34.4 Å². The van der Waals surface area contributed by atoms with E-state index in [9.17, 15) is 0 Å².